The molecule has 228 valence electrons. The van der Waals surface area contributed by atoms with Crippen LogP contribution in [0.5, 0.6) is 0 Å². The molecule has 3 amide bonds. The monoisotopic (exact) mass is 594 g/mol. The molecule has 0 fully saturated rings. The van der Waals surface area contributed by atoms with E-state index in [0.717, 1.165) is 22.3 Å². The summed E-state index contributed by atoms with van der Waals surface area (Å²) in [6.45, 7) is 1.84. The molecule has 0 aromatic heterocycles. The van der Waals surface area contributed by atoms with Crippen molar-refractivity contribution >= 4 is 17.7 Å². The van der Waals surface area contributed by atoms with Gasteiger partial charge in [0.25, 0.3) is 5.91 Å². The van der Waals surface area contributed by atoms with Gasteiger partial charge in [-0.3, -0.25) is 14.4 Å². The summed E-state index contributed by atoms with van der Waals surface area (Å²) in [4.78, 5) is 43.9. The maximum atomic E-state index is 14.3. The molecule has 0 heterocycles. The predicted molar refractivity (Wildman–Crippen MR) is 171 cm³/mol. The highest BCUT2D eigenvalue weighted by Gasteiger charge is 2.35. The van der Waals surface area contributed by atoms with Crippen molar-refractivity contribution in [3.05, 3.63) is 131 Å². The second-order valence-corrected chi connectivity index (χ2v) is 11.0. The van der Waals surface area contributed by atoms with Crippen LogP contribution in [0.25, 0.3) is 11.1 Å². The molecular weight excluding hydrogens is 555 g/mol. The maximum absolute atomic E-state index is 14.3. The van der Waals surface area contributed by atoms with Crippen LogP contribution in [0.15, 0.2) is 103 Å². The van der Waals surface area contributed by atoms with Gasteiger partial charge in [0.05, 0.1) is 0 Å². The summed E-state index contributed by atoms with van der Waals surface area (Å²) in [6, 6.07) is 28.7. The molecule has 1 unspecified atom stereocenters. The number of nitrogens with zero attached hydrogens (tertiary/aromatic N) is 2. The summed E-state index contributed by atoms with van der Waals surface area (Å²) < 4.78 is 13.6. The summed E-state index contributed by atoms with van der Waals surface area (Å²) in [6.07, 6.45) is 0.402. The van der Waals surface area contributed by atoms with Gasteiger partial charge in [-0.1, -0.05) is 78.9 Å². The fourth-order valence-corrected chi connectivity index (χ4v) is 5.18. The number of carbonyl (C=O) groups excluding carboxylic acids is 3. The van der Waals surface area contributed by atoms with Crippen molar-refractivity contribution < 1.29 is 18.8 Å². The number of hydrogen-bond donors (Lipinski definition) is 2. The molecule has 4 aromatic carbocycles. The molecule has 8 heteroatoms. The number of benzene rings is 4. The Balaban J connectivity index is 1.67. The average molecular weight is 595 g/mol. The first-order chi connectivity index (χ1) is 21.1. The van der Waals surface area contributed by atoms with Crippen LogP contribution < -0.4 is 11.1 Å². The van der Waals surface area contributed by atoms with E-state index in [9.17, 15) is 18.8 Å². The van der Waals surface area contributed by atoms with E-state index < -0.39 is 18.0 Å². The van der Waals surface area contributed by atoms with Crippen molar-refractivity contribution in [2.45, 2.75) is 37.9 Å². The van der Waals surface area contributed by atoms with Gasteiger partial charge in [0, 0.05) is 45.6 Å². The summed E-state index contributed by atoms with van der Waals surface area (Å²) in [5.74, 6) is -1.49. The first-order valence-corrected chi connectivity index (χ1v) is 14.6. The summed E-state index contributed by atoms with van der Waals surface area (Å²) >= 11 is 0. The lowest BCUT2D eigenvalue weighted by molar-refractivity contribution is -0.142. The van der Waals surface area contributed by atoms with Gasteiger partial charge in [-0.2, -0.15) is 0 Å². The second kappa shape index (κ2) is 14.6. The molecule has 0 radical (unpaired) electrons. The molecule has 3 atom stereocenters. The predicted octanol–water partition coefficient (Wildman–Crippen LogP) is 5.01. The van der Waals surface area contributed by atoms with Crippen LogP contribution in [0.3, 0.4) is 0 Å². The van der Waals surface area contributed by atoms with Gasteiger partial charge in [0.1, 0.15) is 17.9 Å². The number of nitrogens with one attached hydrogen (secondary N) is 1. The molecule has 4 rings (SSSR count). The fraction of sp³-hybridized carbons (Fsp3) is 0.250. The number of amides is 3. The topological polar surface area (TPSA) is 95.7 Å². The first kappa shape index (κ1) is 32.1. The van der Waals surface area contributed by atoms with Gasteiger partial charge >= 0.3 is 0 Å². The highest BCUT2D eigenvalue weighted by Crippen LogP contribution is 2.22. The Labute approximate surface area is 258 Å². The SMILES string of the molecule is CNC(=O)[C@@H](Cc1ccc(F)cc1)N(C)C(=O)[C@@H](Cc1ccc(-c2ccccc2)cc1)N(C)C(=O)c1cccc(C(C)N)c1. The average Bonchev–Trinajstić information content (AvgIpc) is 3.06. The van der Waals surface area contributed by atoms with Gasteiger partial charge in [0.15, 0.2) is 0 Å². The number of carbonyl (C=O) groups is 3. The van der Waals surface area contributed by atoms with Crippen LogP contribution in [-0.4, -0.2) is 60.7 Å². The number of hydrogen-bond acceptors (Lipinski definition) is 4. The Bertz CT molecular complexity index is 1570. The highest BCUT2D eigenvalue weighted by atomic mass is 19.1. The van der Waals surface area contributed by atoms with Crippen LogP contribution >= 0.6 is 0 Å². The third-order valence-corrected chi connectivity index (χ3v) is 7.93. The number of rotatable bonds is 11. The van der Waals surface area contributed by atoms with Gasteiger partial charge in [0.2, 0.25) is 11.8 Å². The minimum atomic E-state index is -0.922. The van der Waals surface area contributed by atoms with E-state index in [2.05, 4.69) is 5.32 Å². The highest BCUT2D eigenvalue weighted by molar-refractivity contribution is 5.98. The van der Waals surface area contributed by atoms with Gasteiger partial charge < -0.3 is 20.9 Å². The molecule has 44 heavy (non-hydrogen) atoms. The van der Waals surface area contributed by atoms with Crippen molar-refractivity contribution in [2.75, 3.05) is 21.1 Å². The maximum Gasteiger partial charge on any atom is 0.254 e. The molecule has 0 aliphatic heterocycles. The van der Waals surface area contributed by atoms with E-state index in [0.29, 0.717) is 11.1 Å². The van der Waals surface area contributed by atoms with Gasteiger partial charge in [-0.15, -0.1) is 0 Å². The summed E-state index contributed by atoms with van der Waals surface area (Å²) in [7, 11) is 4.67. The molecule has 3 N–H and O–H groups in total. The lowest BCUT2D eigenvalue weighted by Gasteiger charge is -2.34. The lowest BCUT2D eigenvalue weighted by Crippen LogP contribution is -2.55. The Morgan fingerprint density at radius 3 is 1.91 bits per heavy atom. The smallest absolute Gasteiger partial charge is 0.254 e. The second-order valence-electron chi connectivity index (χ2n) is 11.0. The number of nitrogens with two attached hydrogens (primary N) is 1. The molecule has 4 aromatic rings. The molecule has 7 nitrogen and oxygen atoms in total. The van der Waals surface area contributed by atoms with Crippen molar-refractivity contribution in [2.24, 2.45) is 5.73 Å². The zero-order valence-corrected chi connectivity index (χ0v) is 25.5. The van der Waals surface area contributed by atoms with E-state index in [1.165, 1.54) is 29.0 Å². The summed E-state index contributed by atoms with van der Waals surface area (Å²) in [5.41, 5.74) is 10.9. The lowest BCUT2D eigenvalue weighted by atomic mass is 9.97. The van der Waals surface area contributed by atoms with Crippen LogP contribution in [0, 0.1) is 5.82 Å². The fourth-order valence-electron chi connectivity index (χ4n) is 5.18. The Morgan fingerprint density at radius 1 is 0.750 bits per heavy atom. The number of likely N-dealkylation sites (N-methyl/N-ethyl adjacent to an activating group) is 3. The third kappa shape index (κ3) is 7.76. The van der Waals surface area contributed by atoms with Crippen molar-refractivity contribution in [1.29, 1.82) is 0 Å². The zero-order valence-electron chi connectivity index (χ0n) is 25.5. The van der Waals surface area contributed by atoms with E-state index >= 15 is 0 Å². The van der Waals surface area contributed by atoms with Crippen LogP contribution in [-0.2, 0) is 22.4 Å². The molecular formula is C36H39FN4O3. The minimum absolute atomic E-state index is 0.175. The van der Waals surface area contributed by atoms with Crippen LogP contribution in [0.1, 0.15) is 40.0 Å². The summed E-state index contributed by atoms with van der Waals surface area (Å²) in [5, 5.41) is 2.64. The third-order valence-electron chi connectivity index (χ3n) is 7.93. The molecule has 0 saturated heterocycles. The van der Waals surface area contributed by atoms with E-state index in [4.69, 9.17) is 5.73 Å². The quantitative estimate of drug-likeness (QED) is 0.255. The molecule has 0 aliphatic carbocycles. The molecule has 0 aliphatic rings. The zero-order chi connectivity index (χ0) is 31.8. The Morgan fingerprint density at radius 2 is 1.32 bits per heavy atom. The number of halogens is 1. The van der Waals surface area contributed by atoms with Gasteiger partial charge in [-0.05, 0) is 59.0 Å². The van der Waals surface area contributed by atoms with E-state index in [1.54, 1.807) is 44.4 Å². The minimum Gasteiger partial charge on any atom is -0.357 e. The Kier molecular flexibility index (Phi) is 10.6. The van der Waals surface area contributed by atoms with Crippen LogP contribution in [0.4, 0.5) is 4.39 Å². The van der Waals surface area contributed by atoms with E-state index in [-0.39, 0.29) is 36.5 Å². The van der Waals surface area contributed by atoms with E-state index in [1.807, 2.05) is 67.6 Å². The van der Waals surface area contributed by atoms with Crippen molar-refractivity contribution in [1.82, 2.24) is 15.1 Å². The van der Waals surface area contributed by atoms with Crippen LogP contribution in [0.2, 0.25) is 0 Å². The first-order valence-electron chi connectivity index (χ1n) is 14.6. The van der Waals surface area contributed by atoms with Gasteiger partial charge in [-0.25, -0.2) is 4.39 Å². The molecule has 0 spiro atoms. The Hall–Kier alpha value is -4.82. The van der Waals surface area contributed by atoms with Crippen molar-refractivity contribution in [3.63, 3.8) is 0 Å². The normalized spacial score (nSPS) is 13.0. The largest absolute Gasteiger partial charge is 0.357 e. The molecule has 0 bridgehead atoms. The standard InChI is InChI=1S/C36H39FN4O3/c1-24(38)29-11-8-12-30(23-29)35(43)41(4)33(22-25-13-17-28(18-14-25)27-9-6-5-7-10-27)36(44)40(3)32(34(42)39-2)21-26-15-19-31(37)20-16-26/h5-20,23-24,32-33H,21-22,38H2,1-4H3,(H,39,42)/t24?,32-,33-/m1/s1. The molecule has 0 saturated carbocycles. The van der Waals surface area contributed by atoms with Crippen molar-refractivity contribution in [3.8, 4) is 11.1 Å².